The highest BCUT2D eigenvalue weighted by atomic mass is 35.5. The van der Waals surface area contributed by atoms with Gasteiger partial charge in [0.25, 0.3) is 0 Å². The van der Waals surface area contributed by atoms with E-state index in [1.165, 1.54) is 0 Å². The molecule has 0 unspecified atom stereocenters. The van der Waals surface area contributed by atoms with Crippen LogP contribution in [0.25, 0.3) is 16.6 Å². The van der Waals surface area contributed by atoms with Gasteiger partial charge in [0.2, 0.25) is 0 Å². The SMILES string of the molecule is CC1(C)OB(c2cncc3c2cnn3-c2cccc(Cl)c2)OC1(C)C. The third-order valence-corrected chi connectivity index (χ3v) is 5.32. The molecule has 0 spiro atoms. The molecule has 7 heteroatoms. The first kappa shape index (κ1) is 16.6. The van der Waals surface area contributed by atoms with Crippen LogP contribution in [0.5, 0.6) is 0 Å². The smallest absolute Gasteiger partial charge is 0.399 e. The van der Waals surface area contributed by atoms with E-state index in [-0.39, 0.29) is 0 Å². The average Bonchev–Trinajstić information content (AvgIpc) is 3.05. The van der Waals surface area contributed by atoms with Crippen molar-refractivity contribution >= 4 is 35.1 Å². The summed E-state index contributed by atoms with van der Waals surface area (Å²) in [6.45, 7) is 8.15. The molecule has 25 heavy (non-hydrogen) atoms. The van der Waals surface area contributed by atoms with Crippen molar-refractivity contribution in [3.8, 4) is 5.69 Å². The largest absolute Gasteiger partial charge is 0.497 e. The number of hydrogen-bond acceptors (Lipinski definition) is 4. The standard InChI is InChI=1S/C18H19BClN3O2/c1-17(2)18(3,4)25-19(24-17)15-10-21-11-16-14(15)9-22-23(16)13-7-5-6-12(20)8-13/h5-11H,1-4H3. The molecule has 3 aromatic rings. The van der Waals surface area contributed by atoms with Crippen molar-refractivity contribution in [1.82, 2.24) is 14.8 Å². The van der Waals surface area contributed by atoms with E-state index in [4.69, 9.17) is 20.9 Å². The molecule has 0 N–H and O–H groups in total. The lowest BCUT2D eigenvalue weighted by atomic mass is 9.78. The zero-order valence-corrected chi connectivity index (χ0v) is 15.4. The van der Waals surface area contributed by atoms with E-state index in [2.05, 4.69) is 10.1 Å². The maximum atomic E-state index is 6.17. The molecule has 4 rings (SSSR count). The lowest BCUT2D eigenvalue weighted by Gasteiger charge is -2.32. The summed E-state index contributed by atoms with van der Waals surface area (Å²) in [5.74, 6) is 0. The van der Waals surface area contributed by atoms with Gasteiger partial charge in [-0.2, -0.15) is 5.10 Å². The van der Waals surface area contributed by atoms with Crippen molar-refractivity contribution in [3.05, 3.63) is 47.9 Å². The Morgan fingerprint density at radius 1 is 1.04 bits per heavy atom. The van der Waals surface area contributed by atoms with Crippen LogP contribution in [0.15, 0.2) is 42.9 Å². The molecule has 128 valence electrons. The number of pyridine rings is 1. The monoisotopic (exact) mass is 355 g/mol. The summed E-state index contributed by atoms with van der Waals surface area (Å²) in [6, 6.07) is 7.57. The molecular weight excluding hydrogens is 336 g/mol. The third kappa shape index (κ3) is 2.65. The van der Waals surface area contributed by atoms with Crippen molar-refractivity contribution < 1.29 is 9.31 Å². The van der Waals surface area contributed by atoms with Gasteiger partial charge >= 0.3 is 7.12 Å². The van der Waals surface area contributed by atoms with Crippen LogP contribution in [0, 0.1) is 0 Å². The Balaban J connectivity index is 1.81. The zero-order chi connectivity index (χ0) is 17.8. The zero-order valence-electron chi connectivity index (χ0n) is 14.7. The second-order valence-electron chi connectivity index (χ2n) is 7.29. The minimum Gasteiger partial charge on any atom is -0.399 e. The predicted molar refractivity (Wildman–Crippen MR) is 99.6 cm³/mol. The number of fused-ring (bicyclic) bond motifs is 1. The third-order valence-electron chi connectivity index (χ3n) is 5.09. The molecule has 5 nitrogen and oxygen atoms in total. The normalized spacial score (nSPS) is 18.8. The van der Waals surface area contributed by atoms with Gasteiger partial charge in [-0.25, -0.2) is 4.68 Å². The van der Waals surface area contributed by atoms with Gasteiger partial charge in [0.15, 0.2) is 0 Å². The Morgan fingerprint density at radius 2 is 1.76 bits per heavy atom. The van der Waals surface area contributed by atoms with Crippen LogP contribution < -0.4 is 5.46 Å². The minimum absolute atomic E-state index is 0.400. The number of benzene rings is 1. The van der Waals surface area contributed by atoms with Crippen molar-refractivity contribution in [2.75, 3.05) is 0 Å². The van der Waals surface area contributed by atoms with Crippen LogP contribution in [0.3, 0.4) is 0 Å². The highest BCUT2D eigenvalue weighted by Crippen LogP contribution is 2.37. The van der Waals surface area contributed by atoms with Crippen LogP contribution in [-0.4, -0.2) is 33.1 Å². The van der Waals surface area contributed by atoms with Gasteiger partial charge in [-0.05, 0) is 45.9 Å². The molecule has 0 radical (unpaired) electrons. The minimum atomic E-state index is -0.474. The molecule has 0 atom stereocenters. The first-order valence-electron chi connectivity index (χ1n) is 8.22. The van der Waals surface area contributed by atoms with Crippen molar-refractivity contribution in [2.45, 2.75) is 38.9 Å². The van der Waals surface area contributed by atoms with Crippen LogP contribution in [-0.2, 0) is 9.31 Å². The first-order valence-corrected chi connectivity index (χ1v) is 8.59. The van der Waals surface area contributed by atoms with Crippen molar-refractivity contribution in [1.29, 1.82) is 0 Å². The average molecular weight is 356 g/mol. The maximum absolute atomic E-state index is 6.17. The van der Waals surface area contributed by atoms with Gasteiger partial charge in [-0.3, -0.25) is 4.98 Å². The second kappa shape index (κ2) is 5.56. The predicted octanol–water partition coefficient (Wildman–Crippen LogP) is 3.37. The molecule has 1 aliphatic rings. The number of halogens is 1. The molecule has 1 fully saturated rings. The van der Waals surface area contributed by atoms with E-state index in [0.29, 0.717) is 5.02 Å². The van der Waals surface area contributed by atoms with Gasteiger partial charge < -0.3 is 9.31 Å². The Hall–Kier alpha value is -1.89. The Kier molecular flexibility index (Phi) is 3.69. The molecule has 0 bridgehead atoms. The molecule has 1 aliphatic heterocycles. The lowest BCUT2D eigenvalue weighted by molar-refractivity contribution is 0.00578. The van der Waals surface area contributed by atoms with Crippen LogP contribution in [0.2, 0.25) is 5.02 Å². The van der Waals surface area contributed by atoms with E-state index in [0.717, 1.165) is 22.1 Å². The van der Waals surface area contributed by atoms with Gasteiger partial charge in [0, 0.05) is 22.1 Å². The van der Waals surface area contributed by atoms with Gasteiger partial charge in [-0.1, -0.05) is 17.7 Å². The van der Waals surface area contributed by atoms with E-state index >= 15 is 0 Å². The molecular formula is C18H19BClN3O2. The summed E-state index contributed by atoms with van der Waals surface area (Å²) in [7, 11) is -0.474. The Labute approximate surface area is 152 Å². The number of hydrogen-bond donors (Lipinski definition) is 0. The van der Waals surface area contributed by atoms with E-state index in [1.54, 1.807) is 12.4 Å². The molecule has 1 saturated heterocycles. The fourth-order valence-corrected chi connectivity index (χ4v) is 3.12. The summed E-state index contributed by atoms with van der Waals surface area (Å²) in [5.41, 5.74) is 1.85. The van der Waals surface area contributed by atoms with Gasteiger partial charge in [0.05, 0.1) is 34.8 Å². The maximum Gasteiger partial charge on any atom is 0.497 e. The highest BCUT2D eigenvalue weighted by molar-refractivity contribution is 6.65. The van der Waals surface area contributed by atoms with Gasteiger partial charge in [0.1, 0.15) is 0 Å². The van der Waals surface area contributed by atoms with Crippen LogP contribution >= 0.6 is 11.6 Å². The summed E-state index contributed by atoms with van der Waals surface area (Å²) in [6.07, 6.45) is 5.39. The molecule has 0 amide bonds. The van der Waals surface area contributed by atoms with E-state index in [9.17, 15) is 0 Å². The van der Waals surface area contributed by atoms with Crippen molar-refractivity contribution in [2.24, 2.45) is 0 Å². The van der Waals surface area contributed by atoms with Crippen molar-refractivity contribution in [3.63, 3.8) is 0 Å². The second-order valence-corrected chi connectivity index (χ2v) is 7.72. The fourth-order valence-electron chi connectivity index (χ4n) is 2.93. The fraction of sp³-hybridized carbons (Fsp3) is 0.333. The molecule has 2 aromatic heterocycles. The summed E-state index contributed by atoms with van der Waals surface area (Å²) >= 11 is 6.11. The highest BCUT2D eigenvalue weighted by Gasteiger charge is 2.52. The van der Waals surface area contributed by atoms with E-state index < -0.39 is 18.3 Å². The summed E-state index contributed by atoms with van der Waals surface area (Å²) < 4.78 is 14.2. The number of rotatable bonds is 2. The summed E-state index contributed by atoms with van der Waals surface area (Å²) in [5, 5.41) is 6.13. The Morgan fingerprint density at radius 3 is 2.44 bits per heavy atom. The molecule has 3 heterocycles. The summed E-state index contributed by atoms with van der Waals surface area (Å²) in [4.78, 5) is 4.38. The lowest BCUT2D eigenvalue weighted by Crippen LogP contribution is -2.41. The Bertz CT molecular complexity index is 938. The topological polar surface area (TPSA) is 49.2 Å². The van der Waals surface area contributed by atoms with Crippen LogP contribution in [0.4, 0.5) is 0 Å². The first-order chi connectivity index (χ1) is 11.8. The molecule has 0 saturated carbocycles. The van der Waals surface area contributed by atoms with Crippen LogP contribution in [0.1, 0.15) is 27.7 Å². The number of nitrogens with zero attached hydrogens (tertiary/aromatic N) is 3. The number of aromatic nitrogens is 3. The quantitative estimate of drug-likeness (QED) is 0.661. The van der Waals surface area contributed by atoms with E-state index in [1.807, 2.05) is 62.8 Å². The molecule has 1 aromatic carbocycles. The van der Waals surface area contributed by atoms with Gasteiger partial charge in [-0.15, -0.1) is 0 Å². The molecule has 0 aliphatic carbocycles.